The molecular formula is C21H25N5O3S. The third-order valence-corrected chi connectivity index (χ3v) is 5.73. The summed E-state index contributed by atoms with van der Waals surface area (Å²) in [5, 5.41) is 6.27. The normalized spacial score (nSPS) is 11.2. The number of aromatic nitrogens is 2. The van der Waals surface area contributed by atoms with E-state index in [2.05, 4.69) is 25.3 Å². The van der Waals surface area contributed by atoms with Gasteiger partial charge in [-0.15, -0.1) is 0 Å². The van der Waals surface area contributed by atoms with Gasteiger partial charge in [-0.1, -0.05) is 17.7 Å². The number of sulfonamides is 1. The van der Waals surface area contributed by atoms with Crippen LogP contribution in [0.3, 0.4) is 0 Å². The van der Waals surface area contributed by atoms with Gasteiger partial charge in [0.15, 0.2) is 0 Å². The Morgan fingerprint density at radius 1 is 0.933 bits per heavy atom. The lowest BCUT2D eigenvalue weighted by Crippen LogP contribution is -2.29. The summed E-state index contributed by atoms with van der Waals surface area (Å²) in [6.07, 6.45) is 0. The fraction of sp³-hybridized carbons (Fsp3) is 0.238. The first-order valence-electron chi connectivity index (χ1n) is 9.43. The highest BCUT2D eigenvalue weighted by atomic mass is 32.2. The molecule has 0 unspecified atom stereocenters. The van der Waals surface area contributed by atoms with Crippen molar-refractivity contribution in [2.45, 2.75) is 18.7 Å². The van der Waals surface area contributed by atoms with Crippen LogP contribution in [0.25, 0.3) is 0 Å². The van der Waals surface area contributed by atoms with Crippen molar-refractivity contribution in [1.82, 2.24) is 14.7 Å². The Morgan fingerprint density at radius 3 is 2.30 bits per heavy atom. The van der Waals surface area contributed by atoms with E-state index >= 15 is 0 Å². The summed E-state index contributed by atoms with van der Waals surface area (Å²) in [4.78, 5) is 9.02. The number of nitrogens with zero attached hydrogens (tertiary/aromatic N) is 2. The maximum absolute atomic E-state index is 12.3. The molecule has 3 N–H and O–H groups in total. The second kappa shape index (κ2) is 9.55. The second-order valence-electron chi connectivity index (χ2n) is 6.71. The molecule has 0 bridgehead atoms. The molecule has 9 heteroatoms. The smallest absolute Gasteiger partial charge is 0.240 e. The Balaban J connectivity index is 1.57. The number of hydrogen-bond donors (Lipinski definition) is 3. The highest BCUT2D eigenvalue weighted by Crippen LogP contribution is 2.20. The van der Waals surface area contributed by atoms with Crippen LogP contribution in [0.2, 0.25) is 0 Å². The van der Waals surface area contributed by atoms with Crippen molar-refractivity contribution < 1.29 is 13.2 Å². The lowest BCUT2D eigenvalue weighted by Gasteiger charge is -2.11. The lowest BCUT2D eigenvalue weighted by molar-refractivity contribution is 0.415. The number of aryl methyl sites for hydroxylation is 2. The summed E-state index contributed by atoms with van der Waals surface area (Å²) in [5.41, 5.74) is 2.65. The monoisotopic (exact) mass is 427 g/mol. The Labute approximate surface area is 176 Å². The van der Waals surface area contributed by atoms with Gasteiger partial charge in [-0.25, -0.2) is 18.1 Å². The first kappa shape index (κ1) is 21.5. The summed E-state index contributed by atoms with van der Waals surface area (Å²) in [5.74, 6) is 1.82. The molecule has 0 spiro atoms. The van der Waals surface area contributed by atoms with Crippen molar-refractivity contribution in [3.8, 4) is 5.75 Å². The van der Waals surface area contributed by atoms with Crippen molar-refractivity contribution in [3.63, 3.8) is 0 Å². The molecule has 1 heterocycles. The molecular weight excluding hydrogens is 402 g/mol. The van der Waals surface area contributed by atoms with Crippen LogP contribution in [-0.4, -0.2) is 38.6 Å². The number of hydrogen-bond acceptors (Lipinski definition) is 7. The van der Waals surface area contributed by atoms with Gasteiger partial charge < -0.3 is 15.4 Å². The van der Waals surface area contributed by atoms with Crippen molar-refractivity contribution in [1.29, 1.82) is 0 Å². The van der Waals surface area contributed by atoms with Gasteiger partial charge >= 0.3 is 0 Å². The van der Waals surface area contributed by atoms with Crippen molar-refractivity contribution in [2.75, 3.05) is 30.8 Å². The van der Waals surface area contributed by atoms with Crippen molar-refractivity contribution in [2.24, 2.45) is 0 Å². The predicted octanol–water partition coefficient (Wildman–Crippen LogP) is 3.24. The summed E-state index contributed by atoms with van der Waals surface area (Å²) in [7, 11) is -1.93. The topological polar surface area (TPSA) is 105 Å². The lowest BCUT2D eigenvalue weighted by atomic mass is 10.2. The van der Waals surface area contributed by atoms with Crippen molar-refractivity contribution in [3.05, 3.63) is 65.9 Å². The zero-order valence-corrected chi connectivity index (χ0v) is 18.0. The van der Waals surface area contributed by atoms with E-state index in [1.165, 1.54) is 0 Å². The number of benzene rings is 2. The third-order valence-electron chi connectivity index (χ3n) is 4.25. The summed E-state index contributed by atoms with van der Waals surface area (Å²) in [6, 6.07) is 16.0. The molecule has 0 aliphatic rings. The Morgan fingerprint density at radius 2 is 1.63 bits per heavy atom. The average molecular weight is 428 g/mol. The molecule has 0 amide bonds. The maximum Gasteiger partial charge on any atom is 0.240 e. The van der Waals surface area contributed by atoms with Crippen LogP contribution in [0.15, 0.2) is 59.5 Å². The minimum atomic E-state index is -3.55. The zero-order chi connectivity index (χ0) is 21.6. The van der Waals surface area contributed by atoms with E-state index in [9.17, 15) is 8.42 Å². The molecule has 8 nitrogen and oxygen atoms in total. The van der Waals surface area contributed by atoms with Crippen molar-refractivity contribution >= 4 is 27.5 Å². The van der Waals surface area contributed by atoms with Crippen LogP contribution < -0.4 is 20.1 Å². The number of ether oxygens (including phenoxy) is 1. The van der Waals surface area contributed by atoms with Gasteiger partial charge in [-0.05, 0) is 50.2 Å². The average Bonchev–Trinajstić information content (AvgIpc) is 2.72. The first-order valence-corrected chi connectivity index (χ1v) is 10.9. The third kappa shape index (κ3) is 5.91. The molecule has 0 saturated heterocycles. The van der Waals surface area contributed by atoms with Gasteiger partial charge in [-0.3, -0.25) is 0 Å². The van der Waals surface area contributed by atoms with Crippen LogP contribution in [0.1, 0.15) is 11.3 Å². The van der Waals surface area contributed by atoms with Crippen LogP contribution >= 0.6 is 0 Å². The fourth-order valence-electron chi connectivity index (χ4n) is 2.69. The van der Waals surface area contributed by atoms with Gasteiger partial charge in [0.25, 0.3) is 0 Å². The van der Waals surface area contributed by atoms with Crippen LogP contribution in [0.5, 0.6) is 5.75 Å². The molecule has 0 aliphatic carbocycles. The molecule has 3 aromatic rings. The SMILES string of the molecule is COc1ccc(Nc2cc(C)nc(NCCNS(=O)(=O)c3ccc(C)cc3)n2)cc1. The van der Waals surface area contributed by atoms with Crippen LogP contribution in [-0.2, 0) is 10.0 Å². The molecule has 2 aromatic carbocycles. The van der Waals surface area contributed by atoms with E-state index in [0.717, 1.165) is 22.7 Å². The van der Waals surface area contributed by atoms with E-state index in [1.807, 2.05) is 44.2 Å². The second-order valence-corrected chi connectivity index (χ2v) is 8.48. The highest BCUT2D eigenvalue weighted by Gasteiger charge is 2.12. The molecule has 0 fully saturated rings. The molecule has 0 atom stereocenters. The molecule has 0 saturated carbocycles. The van der Waals surface area contributed by atoms with E-state index in [4.69, 9.17) is 4.74 Å². The number of rotatable bonds is 9. The first-order chi connectivity index (χ1) is 14.4. The summed E-state index contributed by atoms with van der Waals surface area (Å²) < 4.78 is 32.4. The quantitative estimate of drug-likeness (QED) is 0.450. The van der Waals surface area contributed by atoms with Crippen LogP contribution in [0.4, 0.5) is 17.5 Å². The number of nitrogens with one attached hydrogen (secondary N) is 3. The predicted molar refractivity (Wildman–Crippen MR) is 118 cm³/mol. The highest BCUT2D eigenvalue weighted by molar-refractivity contribution is 7.89. The Bertz CT molecular complexity index is 1080. The number of anilines is 3. The van der Waals surface area contributed by atoms with Crippen LogP contribution in [0, 0.1) is 13.8 Å². The molecule has 3 rings (SSSR count). The molecule has 30 heavy (non-hydrogen) atoms. The largest absolute Gasteiger partial charge is 0.497 e. The van der Waals surface area contributed by atoms with Gasteiger partial charge in [-0.2, -0.15) is 4.98 Å². The molecule has 0 aliphatic heterocycles. The maximum atomic E-state index is 12.3. The van der Waals surface area contributed by atoms with Gasteiger partial charge in [0.2, 0.25) is 16.0 Å². The van der Waals surface area contributed by atoms with E-state index in [-0.39, 0.29) is 11.4 Å². The molecule has 0 radical (unpaired) electrons. The molecule has 158 valence electrons. The number of methoxy groups -OCH3 is 1. The van der Waals surface area contributed by atoms with Gasteiger partial charge in [0.1, 0.15) is 11.6 Å². The van der Waals surface area contributed by atoms with Gasteiger partial charge in [0.05, 0.1) is 12.0 Å². The summed E-state index contributed by atoms with van der Waals surface area (Å²) >= 11 is 0. The van der Waals surface area contributed by atoms with E-state index < -0.39 is 10.0 Å². The Hall–Kier alpha value is -3.17. The standard InChI is InChI=1S/C21H25N5O3S/c1-15-4-10-19(11-5-15)30(27,28)23-13-12-22-21-24-16(2)14-20(26-21)25-17-6-8-18(29-3)9-7-17/h4-11,14,23H,12-13H2,1-3H3,(H2,22,24,25,26). The zero-order valence-electron chi connectivity index (χ0n) is 17.1. The fourth-order valence-corrected chi connectivity index (χ4v) is 3.73. The van der Waals surface area contributed by atoms with E-state index in [1.54, 1.807) is 31.4 Å². The van der Waals surface area contributed by atoms with Gasteiger partial charge in [0, 0.05) is 30.5 Å². The Kier molecular flexibility index (Phi) is 6.86. The summed E-state index contributed by atoms with van der Waals surface area (Å²) in [6.45, 7) is 4.32. The minimum absolute atomic E-state index is 0.203. The minimum Gasteiger partial charge on any atom is -0.497 e. The van der Waals surface area contributed by atoms with E-state index in [0.29, 0.717) is 18.3 Å². The molecule has 1 aromatic heterocycles.